The van der Waals surface area contributed by atoms with E-state index >= 15 is 0 Å². The molecule has 9 nitrogen and oxygen atoms in total. The number of nitrogens with one attached hydrogen (secondary N) is 1. The second kappa shape index (κ2) is 8.83. The lowest BCUT2D eigenvalue weighted by atomic mass is 9.96. The average Bonchev–Trinajstić information content (AvgIpc) is 3.50. The summed E-state index contributed by atoms with van der Waals surface area (Å²) in [6.45, 7) is 5.81. The minimum Gasteiger partial charge on any atom is -0.346 e. The Bertz CT molecular complexity index is 1520. The first-order valence-corrected chi connectivity index (χ1v) is 12.2. The number of nitrogens with zero attached hydrogens (tertiary/aromatic N) is 7. The molecule has 0 unspecified atom stereocenters. The number of fused-ring (bicyclic) bond motifs is 4. The van der Waals surface area contributed by atoms with Gasteiger partial charge in [0.15, 0.2) is 11.5 Å². The fourth-order valence-corrected chi connectivity index (χ4v) is 6.02. The van der Waals surface area contributed by atoms with E-state index in [0.717, 1.165) is 12.8 Å². The van der Waals surface area contributed by atoms with E-state index in [1.165, 1.54) is 0 Å². The van der Waals surface area contributed by atoms with Crippen molar-refractivity contribution < 1.29 is 4.39 Å². The van der Waals surface area contributed by atoms with E-state index < -0.39 is 12.2 Å². The van der Waals surface area contributed by atoms with Gasteiger partial charge in [-0.05, 0) is 52.2 Å². The number of nitriles is 1. The largest absolute Gasteiger partial charge is 0.346 e. The maximum absolute atomic E-state index is 14.9. The molecule has 4 aromatic rings. The van der Waals surface area contributed by atoms with Gasteiger partial charge in [0, 0.05) is 23.7 Å². The summed E-state index contributed by atoms with van der Waals surface area (Å²) in [5.74, 6) is 0.668. The van der Waals surface area contributed by atoms with Crippen LogP contribution in [0.2, 0.25) is 5.02 Å². The monoisotopic (exact) mass is 529 g/mol. The van der Waals surface area contributed by atoms with Crippen LogP contribution in [0.5, 0.6) is 0 Å². The van der Waals surface area contributed by atoms with Gasteiger partial charge < -0.3 is 10.6 Å². The van der Waals surface area contributed by atoms with Crippen LogP contribution in [-0.2, 0) is 0 Å². The zero-order chi connectivity index (χ0) is 24.6. The van der Waals surface area contributed by atoms with Gasteiger partial charge in [0.1, 0.15) is 29.1 Å². The molecule has 0 spiro atoms. The molecule has 5 heterocycles. The van der Waals surface area contributed by atoms with Crippen LogP contribution in [0.15, 0.2) is 12.1 Å². The molecule has 0 saturated carbocycles. The highest BCUT2D eigenvalue weighted by molar-refractivity contribution is 6.38. The molecule has 4 atom stereocenters. The Hall–Kier alpha value is -3.00. The van der Waals surface area contributed by atoms with Gasteiger partial charge in [-0.25, -0.2) is 14.4 Å². The van der Waals surface area contributed by atoms with Crippen LogP contribution in [-0.4, -0.2) is 54.2 Å². The quantitative estimate of drug-likeness (QED) is 0.396. The van der Waals surface area contributed by atoms with Crippen LogP contribution in [0.1, 0.15) is 50.5 Å². The van der Waals surface area contributed by atoms with Gasteiger partial charge in [0.25, 0.3) is 0 Å². The molecule has 0 radical (unpaired) electrons. The number of benzene rings is 1. The molecule has 3 aromatic heterocycles. The fourth-order valence-electron chi connectivity index (χ4n) is 5.68. The standard InChI is InChI=1S/C24H25ClFN9.ClH/c1-10(2)35-17(9-27)18-15(33-35)6-5-13(19(18)25)21-22-23(32-31-21)30-24(11(3)29-22)34-12-4-7-16(34)20(26)14(28)8-12;/h5-6,10,12,14,16,20H,4,7-8,28H2,1-3H3,(H,30,31,32);1H/t12-,14-,16+,20-;/m0./s1. The lowest BCUT2D eigenvalue weighted by Gasteiger charge is -2.41. The molecule has 2 aliphatic rings. The van der Waals surface area contributed by atoms with Gasteiger partial charge in [-0.2, -0.15) is 15.5 Å². The predicted molar refractivity (Wildman–Crippen MR) is 139 cm³/mol. The van der Waals surface area contributed by atoms with Gasteiger partial charge in [-0.3, -0.25) is 9.78 Å². The number of alkyl halides is 1. The van der Waals surface area contributed by atoms with E-state index in [1.54, 1.807) is 4.68 Å². The molecule has 2 saturated heterocycles. The number of aryl methyl sites for hydroxylation is 1. The van der Waals surface area contributed by atoms with Crippen molar-refractivity contribution in [3.05, 3.63) is 28.5 Å². The summed E-state index contributed by atoms with van der Waals surface area (Å²) in [4.78, 5) is 11.7. The van der Waals surface area contributed by atoms with Gasteiger partial charge in [0.05, 0.1) is 27.7 Å². The van der Waals surface area contributed by atoms with Crippen LogP contribution in [0.4, 0.5) is 10.2 Å². The first-order chi connectivity index (χ1) is 16.8. The topological polar surface area (TPSA) is 125 Å². The van der Waals surface area contributed by atoms with Crippen molar-refractivity contribution in [1.29, 1.82) is 5.26 Å². The van der Waals surface area contributed by atoms with Crippen molar-refractivity contribution in [3.63, 3.8) is 0 Å². The van der Waals surface area contributed by atoms with Gasteiger partial charge in [-0.1, -0.05) is 11.6 Å². The molecule has 0 aliphatic carbocycles. The van der Waals surface area contributed by atoms with Gasteiger partial charge >= 0.3 is 0 Å². The summed E-state index contributed by atoms with van der Waals surface area (Å²) in [5.41, 5.74) is 10.0. The molecule has 2 aliphatic heterocycles. The normalized spacial score (nSPS) is 23.4. The van der Waals surface area contributed by atoms with E-state index in [1.807, 2.05) is 32.9 Å². The van der Waals surface area contributed by atoms with Crippen molar-refractivity contribution in [2.75, 3.05) is 4.90 Å². The number of rotatable bonds is 3. The van der Waals surface area contributed by atoms with Crippen molar-refractivity contribution in [3.8, 4) is 17.3 Å². The summed E-state index contributed by atoms with van der Waals surface area (Å²) in [7, 11) is 0. The number of piperidine rings is 1. The highest BCUT2D eigenvalue weighted by Gasteiger charge is 2.47. The molecule has 3 N–H and O–H groups in total. The highest BCUT2D eigenvalue weighted by Crippen LogP contribution is 2.42. The Balaban J connectivity index is 0.00000267. The first kappa shape index (κ1) is 24.7. The van der Waals surface area contributed by atoms with E-state index in [0.29, 0.717) is 62.0 Å². The summed E-state index contributed by atoms with van der Waals surface area (Å²) < 4.78 is 16.6. The first-order valence-electron chi connectivity index (χ1n) is 11.8. The molecule has 1 aromatic carbocycles. The van der Waals surface area contributed by atoms with Crippen molar-refractivity contribution in [2.45, 2.75) is 70.4 Å². The van der Waals surface area contributed by atoms with E-state index in [9.17, 15) is 9.65 Å². The molecule has 12 heteroatoms. The van der Waals surface area contributed by atoms with E-state index in [-0.39, 0.29) is 30.5 Å². The van der Waals surface area contributed by atoms with Crippen molar-refractivity contribution in [1.82, 2.24) is 29.9 Å². The molecule has 2 bridgehead atoms. The molecule has 188 valence electrons. The van der Waals surface area contributed by atoms with Crippen LogP contribution in [0.25, 0.3) is 33.3 Å². The minimum atomic E-state index is -1.09. The maximum Gasteiger partial charge on any atom is 0.177 e. The number of H-pyrrole nitrogens is 1. The van der Waals surface area contributed by atoms with Crippen LogP contribution >= 0.6 is 24.0 Å². The third-order valence-electron chi connectivity index (χ3n) is 7.31. The zero-order valence-electron chi connectivity index (χ0n) is 20.0. The predicted octanol–water partition coefficient (Wildman–Crippen LogP) is 4.61. The third kappa shape index (κ3) is 3.44. The van der Waals surface area contributed by atoms with Gasteiger partial charge in [-0.15, -0.1) is 12.4 Å². The molecule has 0 amide bonds. The molecule has 6 rings (SSSR count). The maximum atomic E-state index is 14.9. The third-order valence-corrected chi connectivity index (χ3v) is 7.70. The molecular weight excluding hydrogens is 504 g/mol. The highest BCUT2D eigenvalue weighted by atomic mass is 35.5. The molecule has 36 heavy (non-hydrogen) atoms. The number of nitrogens with two attached hydrogens (primary N) is 1. The Morgan fingerprint density at radius 2 is 2.06 bits per heavy atom. The summed E-state index contributed by atoms with van der Waals surface area (Å²) in [6.07, 6.45) is 1.17. The minimum absolute atomic E-state index is 0. The molecule has 2 fully saturated rings. The van der Waals surface area contributed by atoms with Gasteiger partial charge in [0.2, 0.25) is 0 Å². The Kier molecular flexibility index (Phi) is 6.06. The van der Waals surface area contributed by atoms with Crippen LogP contribution < -0.4 is 10.6 Å². The Morgan fingerprint density at radius 3 is 2.78 bits per heavy atom. The number of aromatic nitrogens is 6. The number of hydrogen-bond donors (Lipinski definition) is 2. The second-order valence-electron chi connectivity index (χ2n) is 9.77. The smallest absolute Gasteiger partial charge is 0.177 e. The van der Waals surface area contributed by atoms with E-state index in [2.05, 4.69) is 26.3 Å². The average molecular weight is 530 g/mol. The number of anilines is 1. The zero-order valence-corrected chi connectivity index (χ0v) is 21.6. The Morgan fingerprint density at radius 1 is 1.28 bits per heavy atom. The van der Waals surface area contributed by atoms with Crippen LogP contribution in [0, 0.1) is 18.3 Å². The number of hydrogen-bond acceptors (Lipinski definition) is 7. The van der Waals surface area contributed by atoms with Crippen molar-refractivity contribution >= 4 is 51.9 Å². The number of aromatic amines is 1. The lowest BCUT2D eigenvalue weighted by molar-refractivity contribution is 0.203. The molecular formula is C24H26Cl2FN9. The van der Waals surface area contributed by atoms with Crippen LogP contribution in [0.3, 0.4) is 0 Å². The SMILES string of the molecule is Cc1nc2c(-c3ccc4nn(C(C)C)c(C#N)c4c3Cl)n[nH]c2nc1N1[C@H]2CC[C@@H]1[C@@H](F)[C@@H](N)C2.Cl. The lowest BCUT2D eigenvalue weighted by Crippen LogP contribution is -2.56. The summed E-state index contributed by atoms with van der Waals surface area (Å²) >= 11 is 6.84. The van der Waals surface area contributed by atoms with Crippen molar-refractivity contribution in [2.24, 2.45) is 5.73 Å². The summed E-state index contributed by atoms with van der Waals surface area (Å²) in [6, 6.07) is 5.37. The number of halogens is 3. The van der Waals surface area contributed by atoms with E-state index in [4.69, 9.17) is 27.3 Å². The summed E-state index contributed by atoms with van der Waals surface area (Å²) in [5, 5.41) is 22.8. The second-order valence-corrected chi connectivity index (χ2v) is 10.1. The fraction of sp³-hybridized carbons (Fsp3) is 0.458. The Labute approximate surface area is 218 Å².